The summed E-state index contributed by atoms with van der Waals surface area (Å²) in [6.07, 6.45) is 0. The fourth-order valence-electron chi connectivity index (χ4n) is 2.39. The minimum atomic E-state index is -0.559. The monoisotopic (exact) mass is 335 g/mol. The molecule has 0 aliphatic rings. The van der Waals surface area contributed by atoms with Gasteiger partial charge in [0, 0.05) is 11.3 Å². The molecule has 1 amide bonds. The lowest BCUT2D eigenvalue weighted by atomic mass is 10.0. The maximum absolute atomic E-state index is 12.3. The standard InChI is InChI=1S/C19H21N5O/c1-13(2)15-9-11-16(12-10-15)18-21-23-24(22-18)14(3)19(25)20-17-7-5-4-6-8-17/h4-14H,1-3H3,(H,20,25)/t14-/m0/s1. The molecule has 0 saturated heterocycles. The van der Waals surface area contributed by atoms with Gasteiger partial charge in [-0.05, 0) is 35.8 Å². The number of anilines is 1. The number of nitrogens with zero attached hydrogens (tertiary/aromatic N) is 4. The van der Waals surface area contributed by atoms with E-state index in [-0.39, 0.29) is 5.91 Å². The molecule has 3 aromatic rings. The van der Waals surface area contributed by atoms with Crippen LogP contribution in [0.1, 0.15) is 38.3 Å². The molecule has 0 saturated carbocycles. The van der Waals surface area contributed by atoms with Crippen molar-refractivity contribution in [3.8, 4) is 11.4 Å². The fraction of sp³-hybridized carbons (Fsp3) is 0.263. The number of nitrogens with one attached hydrogen (secondary N) is 1. The van der Waals surface area contributed by atoms with Crippen molar-refractivity contribution in [3.05, 3.63) is 60.2 Å². The Morgan fingerprint density at radius 3 is 2.32 bits per heavy atom. The average molecular weight is 335 g/mol. The predicted molar refractivity (Wildman–Crippen MR) is 97.1 cm³/mol. The summed E-state index contributed by atoms with van der Waals surface area (Å²) >= 11 is 0. The number of tetrazole rings is 1. The van der Waals surface area contributed by atoms with E-state index in [2.05, 4.69) is 46.7 Å². The van der Waals surface area contributed by atoms with Gasteiger partial charge in [-0.15, -0.1) is 10.2 Å². The Balaban J connectivity index is 1.72. The van der Waals surface area contributed by atoms with Gasteiger partial charge in [0.25, 0.3) is 5.91 Å². The number of para-hydroxylation sites is 1. The number of carbonyl (C=O) groups excluding carboxylic acids is 1. The van der Waals surface area contributed by atoms with E-state index < -0.39 is 6.04 Å². The van der Waals surface area contributed by atoms with Crippen LogP contribution in [0.4, 0.5) is 5.69 Å². The van der Waals surface area contributed by atoms with Gasteiger partial charge in [-0.3, -0.25) is 4.79 Å². The van der Waals surface area contributed by atoms with Crippen LogP contribution in [0.25, 0.3) is 11.4 Å². The van der Waals surface area contributed by atoms with E-state index in [9.17, 15) is 4.79 Å². The molecule has 0 fully saturated rings. The van der Waals surface area contributed by atoms with Crippen LogP contribution in [0.15, 0.2) is 54.6 Å². The molecule has 1 heterocycles. The average Bonchev–Trinajstić information content (AvgIpc) is 3.12. The number of benzene rings is 2. The molecule has 6 heteroatoms. The van der Waals surface area contributed by atoms with Gasteiger partial charge in [0.2, 0.25) is 5.82 Å². The second-order valence-electron chi connectivity index (χ2n) is 6.24. The van der Waals surface area contributed by atoms with Gasteiger partial charge in [0.1, 0.15) is 6.04 Å². The largest absolute Gasteiger partial charge is 0.324 e. The minimum absolute atomic E-state index is 0.190. The van der Waals surface area contributed by atoms with Gasteiger partial charge >= 0.3 is 0 Å². The molecule has 1 aromatic heterocycles. The first kappa shape index (κ1) is 16.8. The highest BCUT2D eigenvalue weighted by atomic mass is 16.2. The van der Waals surface area contributed by atoms with E-state index in [1.807, 2.05) is 42.5 Å². The quantitative estimate of drug-likeness (QED) is 0.772. The second kappa shape index (κ2) is 7.25. The highest BCUT2D eigenvalue weighted by Gasteiger charge is 2.19. The van der Waals surface area contributed by atoms with Crippen molar-refractivity contribution in [3.63, 3.8) is 0 Å². The lowest BCUT2D eigenvalue weighted by Gasteiger charge is -2.10. The lowest BCUT2D eigenvalue weighted by Crippen LogP contribution is -2.25. The molecule has 0 bridgehead atoms. The van der Waals surface area contributed by atoms with Gasteiger partial charge in [0.15, 0.2) is 0 Å². The number of hydrogen-bond acceptors (Lipinski definition) is 4. The summed E-state index contributed by atoms with van der Waals surface area (Å²) in [6.45, 7) is 6.04. The van der Waals surface area contributed by atoms with E-state index >= 15 is 0 Å². The van der Waals surface area contributed by atoms with Crippen molar-refractivity contribution in [2.24, 2.45) is 0 Å². The second-order valence-corrected chi connectivity index (χ2v) is 6.24. The van der Waals surface area contributed by atoms with Crippen LogP contribution in [0.5, 0.6) is 0 Å². The smallest absolute Gasteiger partial charge is 0.250 e. The van der Waals surface area contributed by atoms with Gasteiger partial charge in [0.05, 0.1) is 0 Å². The molecule has 0 spiro atoms. The van der Waals surface area contributed by atoms with Gasteiger partial charge in [-0.1, -0.05) is 56.3 Å². The number of carbonyl (C=O) groups is 1. The molecule has 128 valence electrons. The molecule has 0 aliphatic heterocycles. The first-order valence-electron chi connectivity index (χ1n) is 8.30. The SMILES string of the molecule is CC(C)c1ccc(-c2nnn([C@@H](C)C(=O)Nc3ccccc3)n2)cc1. The van der Waals surface area contributed by atoms with Crippen LogP contribution >= 0.6 is 0 Å². The summed E-state index contributed by atoms with van der Waals surface area (Å²) < 4.78 is 0. The lowest BCUT2D eigenvalue weighted by molar-refractivity contribution is -0.119. The van der Waals surface area contributed by atoms with Crippen molar-refractivity contribution in [1.82, 2.24) is 20.2 Å². The van der Waals surface area contributed by atoms with Crippen molar-refractivity contribution < 1.29 is 4.79 Å². The highest BCUT2D eigenvalue weighted by Crippen LogP contribution is 2.20. The molecule has 25 heavy (non-hydrogen) atoms. The van der Waals surface area contributed by atoms with E-state index in [0.29, 0.717) is 11.7 Å². The molecule has 0 unspecified atom stereocenters. The Kier molecular flexibility index (Phi) is 4.88. The maximum atomic E-state index is 12.3. The van der Waals surface area contributed by atoms with E-state index in [1.54, 1.807) is 6.92 Å². The van der Waals surface area contributed by atoms with Gasteiger partial charge in [-0.25, -0.2) is 0 Å². The molecule has 1 N–H and O–H groups in total. The summed E-state index contributed by atoms with van der Waals surface area (Å²) in [5.74, 6) is 0.791. The molecular weight excluding hydrogens is 314 g/mol. The summed E-state index contributed by atoms with van der Waals surface area (Å²) in [4.78, 5) is 13.7. The number of rotatable bonds is 5. The minimum Gasteiger partial charge on any atom is -0.324 e. The van der Waals surface area contributed by atoms with Crippen molar-refractivity contribution in [1.29, 1.82) is 0 Å². The molecule has 0 radical (unpaired) electrons. The van der Waals surface area contributed by atoms with Gasteiger partial charge < -0.3 is 5.32 Å². The van der Waals surface area contributed by atoms with E-state index in [0.717, 1.165) is 11.3 Å². The zero-order chi connectivity index (χ0) is 17.8. The summed E-state index contributed by atoms with van der Waals surface area (Å²) in [7, 11) is 0. The maximum Gasteiger partial charge on any atom is 0.250 e. The first-order valence-corrected chi connectivity index (χ1v) is 8.30. The van der Waals surface area contributed by atoms with Crippen LogP contribution in [0.2, 0.25) is 0 Å². The molecular formula is C19H21N5O. The van der Waals surface area contributed by atoms with Gasteiger partial charge in [-0.2, -0.15) is 4.80 Å². The Morgan fingerprint density at radius 2 is 1.68 bits per heavy atom. The first-order chi connectivity index (χ1) is 12.0. The molecule has 3 rings (SSSR count). The Morgan fingerprint density at radius 1 is 1.00 bits per heavy atom. The van der Waals surface area contributed by atoms with Crippen LogP contribution in [-0.2, 0) is 4.79 Å². The number of hydrogen-bond donors (Lipinski definition) is 1. The summed E-state index contributed by atoms with van der Waals surface area (Å²) in [5, 5.41) is 15.3. The van der Waals surface area contributed by atoms with Crippen molar-refractivity contribution in [2.75, 3.05) is 5.32 Å². The molecule has 6 nitrogen and oxygen atoms in total. The highest BCUT2D eigenvalue weighted by molar-refractivity contribution is 5.93. The third-order valence-corrected chi connectivity index (χ3v) is 4.03. The number of aromatic nitrogens is 4. The van der Waals surface area contributed by atoms with Crippen molar-refractivity contribution >= 4 is 11.6 Å². The summed E-state index contributed by atoms with van der Waals surface area (Å²) in [6, 6.07) is 16.8. The predicted octanol–water partition coefficient (Wildman–Crippen LogP) is 3.66. The molecule has 1 atom stereocenters. The summed E-state index contributed by atoms with van der Waals surface area (Å²) in [5.41, 5.74) is 2.88. The third kappa shape index (κ3) is 3.91. The Bertz CT molecular complexity index is 840. The van der Waals surface area contributed by atoms with E-state index in [1.165, 1.54) is 10.4 Å². The van der Waals surface area contributed by atoms with Crippen LogP contribution in [0, 0.1) is 0 Å². The Hall–Kier alpha value is -3.02. The van der Waals surface area contributed by atoms with Crippen molar-refractivity contribution in [2.45, 2.75) is 32.7 Å². The third-order valence-electron chi connectivity index (χ3n) is 4.03. The normalized spacial score (nSPS) is 12.2. The fourth-order valence-corrected chi connectivity index (χ4v) is 2.39. The number of amides is 1. The zero-order valence-electron chi connectivity index (χ0n) is 14.5. The van der Waals surface area contributed by atoms with Crippen LogP contribution in [0.3, 0.4) is 0 Å². The topological polar surface area (TPSA) is 72.7 Å². The van der Waals surface area contributed by atoms with Crippen LogP contribution < -0.4 is 5.32 Å². The molecule has 2 aromatic carbocycles. The zero-order valence-corrected chi connectivity index (χ0v) is 14.5. The Labute approximate surface area is 146 Å². The van der Waals surface area contributed by atoms with Crippen LogP contribution in [-0.4, -0.2) is 26.1 Å². The molecule has 0 aliphatic carbocycles. The van der Waals surface area contributed by atoms with E-state index in [4.69, 9.17) is 0 Å².